The first kappa shape index (κ1) is 28.6. The van der Waals surface area contributed by atoms with Crippen LogP contribution in [0.1, 0.15) is 43.5 Å². The Morgan fingerprint density at radius 3 is 2.39 bits per heavy atom. The largest absolute Gasteiger partial charge is 0.493 e. The smallest absolute Gasteiger partial charge is 0.338 e. The summed E-state index contributed by atoms with van der Waals surface area (Å²) in [5.74, 6) is 0.735. The minimum Gasteiger partial charge on any atom is -0.493 e. The molecule has 0 unspecified atom stereocenters. The average molecular weight is 585 g/mol. The van der Waals surface area contributed by atoms with E-state index in [1.54, 1.807) is 23.3 Å². The van der Waals surface area contributed by atoms with E-state index in [9.17, 15) is 9.59 Å². The maximum Gasteiger partial charge on any atom is 0.338 e. The van der Waals surface area contributed by atoms with Crippen molar-refractivity contribution in [1.29, 1.82) is 0 Å². The van der Waals surface area contributed by atoms with Gasteiger partial charge in [-0.15, -0.1) is 11.8 Å². The monoisotopic (exact) mass is 584 g/mol. The van der Waals surface area contributed by atoms with Gasteiger partial charge >= 0.3 is 5.97 Å². The molecule has 0 radical (unpaired) electrons. The van der Waals surface area contributed by atoms with Crippen LogP contribution in [0, 0.1) is 5.92 Å². The lowest BCUT2D eigenvalue weighted by Crippen LogP contribution is -2.40. The van der Waals surface area contributed by atoms with Gasteiger partial charge in [-0.25, -0.2) is 9.79 Å². The van der Waals surface area contributed by atoms with Crippen LogP contribution in [0.5, 0.6) is 5.75 Å². The normalized spacial score (nSPS) is 15.0. The minimum atomic E-state index is -0.689. The highest BCUT2D eigenvalue weighted by atomic mass is 32.2. The fraction of sp³-hybridized carbons (Fsp3) is 0.242. The Morgan fingerprint density at radius 1 is 1.05 bits per heavy atom. The first-order chi connectivity index (χ1) is 19.9. The fourth-order valence-corrected chi connectivity index (χ4v) is 6.03. The maximum atomic E-state index is 14.0. The highest BCUT2D eigenvalue weighted by Gasteiger charge is 2.35. The van der Waals surface area contributed by atoms with Gasteiger partial charge < -0.3 is 9.47 Å². The lowest BCUT2D eigenvalue weighted by atomic mass is 9.93. The Kier molecular flexibility index (Phi) is 8.90. The van der Waals surface area contributed by atoms with Crippen molar-refractivity contribution in [3.8, 4) is 5.75 Å². The van der Waals surface area contributed by atoms with Crippen molar-refractivity contribution in [2.45, 2.75) is 31.7 Å². The molecule has 0 bridgehead atoms. The summed E-state index contributed by atoms with van der Waals surface area (Å²) in [5, 5.41) is 0. The van der Waals surface area contributed by atoms with Crippen LogP contribution in [0.4, 0.5) is 0 Å². The Morgan fingerprint density at radius 2 is 1.76 bits per heavy atom. The number of thiazole rings is 1. The Labute approximate surface area is 247 Å². The predicted molar refractivity (Wildman–Crippen MR) is 166 cm³/mol. The molecule has 2 heterocycles. The molecule has 0 saturated heterocycles. The summed E-state index contributed by atoms with van der Waals surface area (Å²) in [6.45, 7) is 6.84. The molecule has 210 valence electrons. The van der Waals surface area contributed by atoms with Crippen molar-refractivity contribution in [3.05, 3.63) is 121 Å². The molecule has 0 fully saturated rings. The zero-order valence-electron chi connectivity index (χ0n) is 23.5. The van der Waals surface area contributed by atoms with E-state index < -0.39 is 12.0 Å². The molecule has 0 aliphatic carbocycles. The number of benzene rings is 3. The van der Waals surface area contributed by atoms with Crippen molar-refractivity contribution >= 4 is 40.8 Å². The van der Waals surface area contributed by atoms with E-state index in [0.717, 1.165) is 27.3 Å². The summed E-state index contributed by atoms with van der Waals surface area (Å²) in [4.78, 5) is 34.1. The number of nitrogens with zero attached hydrogens (tertiary/aromatic N) is 2. The van der Waals surface area contributed by atoms with Crippen molar-refractivity contribution in [2.75, 3.05) is 19.5 Å². The number of ether oxygens (including phenoxy) is 2. The molecule has 5 rings (SSSR count). The fourth-order valence-electron chi connectivity index (χ4n) is 4.62. The summed E-state index contributed by atoms with van der Waals surface area (Å²) < 4.78 is 13.5. The van der Waals surface area contributed by atoms with E-state index in [-0.39, 0.29) is 12.2 Å². The second-order valence-electron chi connectivity index (χ2n) is 9.98. The number of rotatable bonds is 9. The van der Waals surface area contributed by atoms with Crippen LogP contribution in [-0.4, -0.2) is 30.0 Å². The summed E-state index contributed by atoms with van der Waals surface area (Å²) >= 11 is 2.95. The molecule has 0 saturated carbocycles. The standard InChI is InChI=1S/C33H32N2O4S2/c1-5-38-32(37)28-29(23-9-7-6-8-10-23)34-33-35(30(28)24-13-17-26(40-4)18-14-24)31(36)27(41-33)19-22-11-15-25(16-12-22)39-20-21(2)3/h6-19,21,30H,5,20H2,1-4H3/b27-19+/t30-/m1/s1. The molecule has 1 aromatic heterocycles. The van der Waals surface area contributed by atoms with E-state index in [0.29, 0.717) is 33.1 Å². The third kappa shape index (κ3) is 6.24. The number of carbonyl (C=O) groups is 1. The number of hydrogen-bond acceptors (Lipinski definition) is 7. The maximum absolute atomic E-state index is 14.0. The number of hydrogen-bond donors (Lipinski definition) is 0. The highest BCUT2D eigenvalue weighted by molar-refractivity contribution is 7.98. The van der Waals surface area contributed by atoms with Crippen LogP contribution in [0.2, 0.25) is 0 Å². The Balaban J connectivity index is 1.70. The Bertz CT molecular complexity index is 1740. The van der Waals surface area contributed by atoms with Gasteiger partial charge in [0.15, 0.2) is 4.80 Å². The van der Waals surface area contributed by atoms with Gasteiger partial charge in [0.05, 0.1) is 35.1 Å². The summed E-state index contributed by atoms with van der Waals surface area (Å²) in [5.41, 5.74) is 3.13. The predicted octanol–water partition coefficient (Wildman–Crippen LogP) is 5.69. The minimum absolute atomic E-state index is 0.207. The number of esters is 1. The third-order valence-electron chi connectivity index (χ3n) is 6.57. The molecular weight excluding hydrogens is 553 g/mol. The molecule has 0 amide bonds. The average Bonchev–Trinajstić information content (AvgIpc) is 3.30. The molecule has 0 N–H and O–H groups in total. The molecule has 3 aromatic carbocycles. The van der Waals surface area contributed by atoms with Crippen molar-refractivity contribution in [1.82, 2.24) is 4.57 Å². The second kappa shape index (κ2) is 12.7. The summed E-state index contributed by atoms with van der Waals surface area (Å²) in [7, 11) is 0. The number of carbonyl (C=O) groups excluding carboxylic acids is 1. The number of aromatic nitrogens is 1. The molecule has 41 heavy (non-hydrogen) atoms. The van der Waals surface area contributed by atoms with Crippen LogP contribution in [0.25, 0.3) is 11.8 Å². The van der Waals surface area contributed by atoms with Crippen LogP contribution < -0.4 is 19.6 Å². The molecule has 8 heteroatoms. The summed E-state index contributed by atoms with van der Waals surface area (Å²) in [6, 6.07) is 24.5. The van der Waals surface area contributed by atoms with E-state index >= 15 is 0 Å². The number of thioether (sulfide) groups is 1. The van der Waals surface area contributed by atoms with Crippen LogP contribution in [-0.2, 0) is 9.53 Å². The first-order valence-electron chi connectivity index (χ1n) is 13.5. The molecule has 6 nitrogen and oxygen atoms in total. The van der Waals surface area contributed by atoms with Crippen LogP contribution >= 0.6 is 23.1 Å². The zero-order chi connectivity index (χ0) is 28.9. The van der Waals surface area contributed by atoms with Gasteiger partial charge in [-0.1, -0.05) is 79.8 Å². The quantitative estimate of drug-likeness (QED) is 0.187. The van der Waals surface area contributed by atoms with Crippen LogP contribution in [0.3, 0.4) is 0 Å². The first-order valence-corrected chi connectivity index (χ1v) is 15.6. The van der Waals surface area contributed by atoms with E-state index in [1.165, 1.54) is 11.3 Å². The third-order valence-corrected chi connectivity index (χ3v) is 8.29. The zero-order valence-corrected chi connectivity index (χ0v) is 25.1. The lowest BCUT2D eigenvalue weighted by molar-refractivity contribution is -0.138. The highest BCUT2D eigenvalue weighted by Crippen LogP contribution is 2.35. The molecule has 0 spiro atoms. The molecule has 1 aliphatic rings. The SMILES string of the molecule is CCOC(=O)C1=C(c2ccccc2)N=c2s/c(=C/c3ccc(OCC(C)C)cc3)c(=O)n2[C@@H]1c1ccc(SC)cc1. The molecule has 1 aliphatic heterocycles. The van der Waals surface area contributed by atoms with Crippen LogP contribution in [0.15, 0.2) is 99.1 Å². The Hall–Kier alpha value is -3.88. The van der Waals surface area contributed by atoms with Crippen molar-refractivity contribution in [2.24, 2.45) is 10.9 Å². The van der Waals surface area contributed by atoms with Gasteiger partial charge in [0.25, 0.3) is 5.56 Å². The molecular formula is C33H32N2O4S2. The van der Waals surface area contributed by atoms with E-state index in [1.807, 2.05) is 91.2 Å². The van der Waals surface area contributed by atoms with Gasteiger partial charge in [-0.05, 0) is 60.6 Å². The molecule has 1 atom stereocenters. The topological polar surface area (TPSA) is 69.9 Å². The van der Waals surface area contributed by atoms with Gasteiger partial charge in [0, 0.05) is 10.5 Å². The summed E-state index contributed by atoms with van der Waals surface area (Å²) in [6.07, 6.45) is 3.87. The van der Waals surface area contributed by atoms with E-state index in [2.05, 4.69) is 13.8 Å². The van der Waals surface area contributed by atoms with Crippen molar-refractivity contribution < 1.29 is 14.3 Å². The van der Waals surface area contributed by atoms with E-state index in [4.69, 9.17) is 14.5 Å². The molecule has 4 aromatic rings. The van der Waals surface area contributed by atoms with Gasteiger partial charge in [0.1, 0.15) is 5.75 Å². The van der Waals surface area contributed by atoms with Gasteiger partial charge in [-0.2, -0.15) is 0 Å². The van der Waals surface area contributed by atoms with Gasteiger partial charge in [-0.3, -0.25) is 9.36 Å². The number of fused-ring (bicyclic) bond motifs is 1. The van der Waals surface area contributed by atoms with Crippen molar-refractivity contribution in [3.63, 3.8) is 0 Å². The second-order valence-corrected chi connectivity index (χ2v) is 11.9. The lowest BCUT2D eigenvalue weighted by Gasteiger charge is -2.26. The van der Waals surface area contributed by atoms with Gasteiger partial charge in [0.2, 0.25) is 0 Å².